The monoisotopic (exact) mass is 564 g/mol. The maximum absolute atomic E-state index is 11.1. The molecule has 1 saturated heterocycles. The van der Waals surface area contributed by atoms with Crippen molar-refractivity contribution < 1.29 is 9.53 Å². The Morgan fingerprint density at radius 2 is 2.03 bits per heavy atom. The molecule has 1 aliphatic heterocycles. The van der Waals surface area contributed by atoms with Crippen LogP contribution in [0.25, 0.3) is 0 Å². The highest BCUT2D eigenvalue weighted by atomic mass is 127. The number of esters is 1. The van der Waals surface area contributed by atoms with Crippen molar-refractivity contribution in [1.82, 2.24) is 15.5 Å². The van der Waals surface area contributed by atoms with Gasteiger partial charge in [-0.1, -0.05) is 36.6 Å². The number of benzene rings is 1. The topological polar surface area (TPSA) is 66.0 Å². The van der Waals surface area contributed by atoms with Gasteiger partial charge >= 0.3 is 5.97 Å². The van der Waals surface area contributed by atoms with Gasteiger partial charge < -0.3 is 15.4 Å². The molecule has 0 amide bonds. The third-order valence-corrected chi connectivity index (χ3v) is 6.02. The number of unbranched alkanes of at least 4 members (excludes halogenated alkanes) is 3. The Morgan fingerprint density at radius 3 is 2.74 bits per heavy atom. The number of nitrogens with zero attached hydrogens (tertiary/aromatic N) is 2. The number of aliphatic imine (C=N–C) groups is 1. The summed E-state index contributed by atoms with van der Waals surface area (Å²) >= 11 is 6.25. The van der Waals surface area contributed by atoms with Crippen LogP contribution in [0.4, 0.5) is 0 Å². The van der Waals surface area contributed by atoms with Gasteiger partial charge in [-0.25, -0.2) is 0 Å². The first-order valence-corrected chi connectivity index (χ1v) is 11.4. The molecule has 176 valence electrons. The van der Waals surface area contributed by atoms with Crippen LogP contribution >= 0.6 is 35.6 Å². The van der Waals surface area contributed by atoms with Crippen molar-refractivity contribution in [2.45, 2.75) is 51.0 Å². The smallest absolute Gasteiger partial charge is 0.305 e. The number of ether oxygens (including phenoxy) is 1. The minimum absolute atomic E-state index is 0. The molecule has 2 rings (SSSR count). The number of piperidine rings is 1. The van der Waals surface area contributed by atoms with Crippen LogP contribution in [-0.4, -0.2) is 57.7 Å². The van der Waals surface area contributed by atoms with Gasteiger partial charge in [0.1, 0.15) is 0 Å². The molecule has 0 bridgehead atoms. The number of carbonyl (C=O) groups excluding carboxylic acids is 1. The lowest BCUT2D eigenvalue weighted by Gasteiger charge is -2.40. The lowest BCUT2D eigenvalue weighted by Crippen LogP contribution is -2.45. The lowest BCUT2D eigenvalue weighted by atomic mass is 9.85. The van der Waals surface area contributed by atoms with E-state index >= 15 is 0 Å². The highest BCUT2D eigenvalue weighted by molar-refractivity contribution is 14.0. The molecule has 1 aromatic rings. The van der Waals surface area contributed by atoms with E-state index in [9.17, 15) is 4.79 Å². The number of halogens is 2. The maximum atomic E-state index is 11.1. The number of methoxy groups -OCH3 is 1. The zero-order chi connectivity index (χ0) is 21.8. The molecule has 1 heterocycles. The summed E-state index contributed by atoms with van der Waals surface area (Å²) in [6.45, 7) is 2.86. The number of guanidine groups is 1. The molecule has 0 spiro atoms. The quantitative estimate of drug-likeness (QED) is 0.143. The number of hydrogen-bond donors (Lipinski definition) is 2. The fraction of sp³-hybridized carbons (Fsp3) is 0.652. The molecule has 0 aliphatic carbocycles. The lowest BCUT2D eigenvalue weighted by molar-refractivity contribution is -0.140. The van der Waals surface area contributed by atoms with E-state index in [4.69, 9.17) is 11.6 Å². The van der Waals surface area contributed by atoms with Gasteiger partial charge in [0.05, 0.1) is 7.11 Å². The summed E-state index contributed by atoms with van der Waals surface area (Å²) in [5.74, 6) is 1.23. The zero-order valence-electron chi connectivity index (χ0n) is 19.0. The second-order valence-corrected chi connectivity index (χ2v) is 8.44. The third-order valence-electron chi connectivity index (χ3n) is 5.78. The first-order chi connectivity index (χ1) is 14.5. The highest BCUT2D eigenvalue weighted by Crippen LogP contribution is 2.35. The normalized spacial score (nSPS) is 19.4. The third kappa shape index (κ3) is 9.95. The average molecular weight is 565 g/mol. The summed E-state index contributed by atoms with van der Waals surface area (Å²) in [4.78, 5) is 17.9. The number of hydrogen-bond acceptors (Lipinski definition) is 4. The van der Waals surface area contributed by atoms with E-state index in [1.807, 2.05) is 19.2 Å². The molecule has 0 aromatic heterocycles. The molecule has 0 saturated carbocycles. The fourth-order valence-electron chi connectivity index (χ4n) is 4.20. The Kier molecular flexibility index (Phi) is 14.2. The Balaban J connectivity index is 0.00000480. The molecular formula is C23H38ClIN4O2. The molecule has 2 atom stereocenters. The Labute approximate surface area is 209 Å². The standard InChI is InChI=1S/C23H37ClN4O2.HI/c1-25-23(26-14-7-5-4-6-13-21(29)30-3)27-17-19-11-9-15-28(2)22(19)18-10-8-12-20(24)16-18;/h8,10,12,16,19,22H,4-7,9,11,13-15,17H2,1-3H3,(H2,25,26,27);1H. The van der Waals surface area contributed by atoms with Crippen molar-refractivity contribution in [3.05, 3.63) is 34.9 Å². The summed E-state index contributed by atoms with van der Waals surface area (Å²) in [6, 6.07) is 8.60. The maximum Gasteiger partial charge on any atom is 0.305 e. The summed E-state index contributed by atoms with van der Waals surface area (Å²) in [6.07, 6.45) is 6.97. The predicted octanol–water partition coefficient (Wildman–Crippen LogP) is 4.63. The van der Waals surface area contributed by atoms with E-state index < -0.39 is 0 Å². The van der Waals surface area contributed by atoms with Gasteiger partial charge in [0, 0.05) is 37.6 Å². The van der Waals surface area contributed by atoms with E-state index in [0.717, 1.165) is 56.3 Å². The Hall–Kier alpha value is -1.06. The molecule has 2 unspecified atom stereocenters. The number of likely N-dealkylation sites (tertiary alicyclic amines) is 1. The van der Waals surface area contributed by atoms with Gasteiger partial charge in [-0.2, -0.15) is 0 Å². The molecule has 8 heteroatoms. The summed E-state index contributed by atoms with van der Waals surface area (Å²) < 4.78 is 4.66. The van der Waals surface area contributed by atoms with Gasteiger partial charge in [-0.3, -0.25) is 14.7 Å². The second kappa shape index (κ2) is 15.7. The molecule has 2 N–H and O–H groups in total. The van der Waals surface area contributed by atoms with Gasteiger partial charge in [-0.05, 0) is 62.9 Å². The highest BCUT2D eigenvalue weighted by Gasteiger charge is 2.30. The van der Waals surface area contributed by atoms with Crippen molar-refractivity contribution in [3.8, 4) is 0 Å². The van der Waals surface area contributed by atoms with Crippen LogP contribution < -0.4 is 10.6 Å². The summed E-state index contributed by atoms with van der Waals surface area (Å²) in [5.41, 5.74) is 1.28. The van der Waals surface area contributed by atoms with Crippen molar-refractivity contribution in [3.63, 3.8) is 0 Å². The number of carbonyl (C=O) groups is 1. The SMILES string of the molecule is CN=C(NCCCCCCC(=O)OC)NCC1CCCN(C)C1c1cccc(Cl)c1.I. The van der Waals surface area contributed by atoms with Crippen molar-refractivity contribution in [2.75, 3.05) is 40.8 Å². The number of nitrogens with one attached hydrogen (secondary N) is 2. The van der Waals surface area contributed by atoms with Gasteiger partial charge in [-0.15, -0.1) is 24.0 Å². The summed E-state index contributed by atoms with van der Waals surface area (Å²) in [5, 5.41) is 7.72. The van der Waals surface area contributed by atoms with Crippen molar-refractivity contribution in [1.29, 1.82) is 0 Å². The van der Waals surface area contributed by atoms with E-state index in [0.29, 0.717) is 18.4 Å². The Bertz CT molecular complexity index is 689. The van der Waals surface area contributed by atoms with Gasteiger partial charge in [0.2, 0.25) is 0 Å². The van der Waals surface area contributed by atoms with E-state index in [-0.39, 0.29) is 29.9 Å². The van der Waals surface area contributed by atoms with Crippen LogP contribution in [0.2, 0.25) is 5.02 Å². The second-order valence-electron chi connectivity index (χ2n) is 8.00. The number of rotatable bonds is 10. The van der Waals surface area contributed by atoms with Gasteiger partial charge in [0.15, 0.2) is 5.96 Å². The molecule has 0 radical (unpaired) electrons. The van der Waals surface area contributed by atoms with Crippen LogP contribution in [0.1, 0.15) is 56.6 Å². The van der Waals surface area contributed by atoms with Crippen molar-refractivity contribution in [2.24, 2.45) is 10.9 Å². The molecule has 6 nitrogen and oxygen atoms in total. The Morgan fingerprint density at radius 1 is 1.26 bits per heavy atom. The predicted molar refractivity (Wildman–Crippen MR) is 139 cm³/mol. The van der Waals surface area contributed by atoms with Crippen LogP contribution in [0.15, 0.2) is 29.3 Å². The van der Waals surface area contributed by atoms with Crippen LogP contribution in [-0.2, 0) is 9.53 Å². The molecule has 31 heavy (non-hydrogen) atoms. The first-order valence-electron chi connectivity index (χ1n) is 11.0. The fourth-order valence-corrected chi connectivity index (χ4v) is 4.39. The summed E-state index contributed by atoms with van der Waals surface area (Å²) in [7, 11) is 5.45. The zero-order valence-corrected chi connectivity index (χ0v) is 22.1. The molecular weight excluding hydrogens is 527 g/mol. The first kappa shape index (κ1) is 28.0. The average Bonchev–Trinajstić information content (AvgIpc) is 2.74. The minimum atomic E-state index is -0.123. The van der Waals surface area contributed by atoms with E-state index in [1.165, 1.54) is 25.5 Å². The molecule has 1 aliphatic rings. The van der Waals surface area contributed by atoms with E-state index in [2.05, 4.69) is 44.4 Å². The van der Waals surface area contributed by atoms with Crippen LogP contribution in [0.3, 0.4) is 0 Å². The van der Waals surface area contributed by atoms with Gasteiger partial charge in [0.25, 0.3) is 0 Å². The molecule has 1 aromatic carbocycles. The van der Waals surface area contributed by atoms with Crippen molar-refractivity contribution >= 4 is 47.5 Å². The minimum Gasteiger partial charge on any atom is -0.469 e. The van der Waals surface area contributed by atoms with Crippen LogP contribution in [0.5, 0.6) is 0 Å². The van der Waals surface area contributed by atoms with E-state index in [1.54, 1.807) is 0 Å². The largest absolute Gasteiger partial charge is 0.469 e. The van der Waals surface area contributed by atoms with Crippen LogP contribution in [0, 0.1) is 5.92 Å². The molecule has 1 fully saturated rings.